The van der Waals surface area contributed by atoms with Crippen molar-refractivity contribution in [2.45, 2.75) is 0 Å². The molecule has 0 fully saturated rings. The van der Waals surface area contributed by atoms with Gasteiger partial charge in [0.05, 0.1) is 5.57 Å². The molecule has 6 heteroatoms. The first-order chi connectivity index (χ1) is 11.7. The molecule has 3 aromatic rings. The number of fused-ring (bicyclic) bond motifs is 3. The number of allylic oxidation sites excluding steroid dienone is 2. The third kappa shape index (κ3) is 1.60. The van der Waals surface area contributed by atoms with E-state index >= 15 is 0 Å². The molecule has 0 bridgehead atoms. The van der Waals surface area contributed by atoms with Crippen LogP contribution >= 0.6 is 0 Å². The van der Waals surface area contributed by atoms with Crippen molar-refractivity contribution in [2.75, 3.05) is 0 Å². The molecular weight excluding hydrogens is 307 g/mol. The Morgan fingerprint density at radius 3 is 2.92 bits per heavy atom. The summed E-state index contributed by atoms with van der Waals surface area (Å²) < 4.78 is 31.8. The van der Waals surface area contributed by atoms with Gasteiger partial charge in [-0.15, -0.1) is 0 Å². The first-order valence-corrected chi connectivity index (χ1v) is 7.75. The average Bonchev–Trinajstić information content (AvgIpc) is 3.25. The maximum atomic E-state index is 14.8. The number of aromatic nitrogens is 2. The van der Waals surface area contributed by atoms with Gasteiger partial charge in [-0.1, -0.05) is 18.2 Å². The lowest BCUT2D eigenvalue weighted by atomic mass is 9.85. The SMILES string of the molecule is F[B-]1(F)n2cccc2C(c2cccc3cnccc23)=C2C=CC=[N+]21. The van der Waals surface area contributed by atoms with Crippen LogP contribution in [0, 0.1) is 0 Å². The topological polar surface area (TPSA) is 20.8 Å². The number of pyridine rings is 1. The molecule has 0 aliphatic carbocycles. The molecule has 2 aliphatic rings. The Morgan fingerprint density at radius 1 is 1.08 bits per heavy atom. The molecule has 0 saturated carbocycles. The van der Waals surface area contributed by atoms with Crippen LogP contribution in [0.2, 0.25) is 0 Å². The second kappa shape index (κ2) is 4.51. The van der Waals surface area contributed by atoms with Crippen LogP contribution in [0.5, 0.6) is 0 Å². The number of hydrogen-bond donors (Lipinski definition) is 0. The Labute approximate surface area is 136 Å². The van der Waals surface area contributed by atoms with Crippen molar-refractivity contribution in [1.82, 2.24) is 9.46 Å². The molecule has 0 N–H and O–H groups in total. The fraction of sp³-hybridized carbons (Fsp3) is 0. The first-order valence-electron chi connectivity index (χ1n) is 7.75. The second-order valence-electron chi connectivity index (χ2n) is 5.97. The summed E-state index contributed by atoms with van der Waals surface area (Å²) in [5.41, 5.74) is 2.82. The van der Waals surface area contributed by atoms with Gasteiger partial charge in [-0.2, -0.15) is 0 Å². The number of hydrogen-bond acceptors (Lipinski definition) is 1. The van der Waals surface area contributed by atoms with Crippen LogP contribution < -0.4 is 0 Å². The average molecular weight is 319 g/mol. The largest absolute Gasteiger partial charge is 0.737 e. The molecular formula is C18H12BF2N3. The molecule has 4 heterocycles. The van der Waals surface area contributed by atoms with E-state index in [4.69, 9.17) is 0 Å². The summed E-state index contributed by atoms with van der Waals surface area (Å²) in [6.45, 7) is -3.86. The van der Waals surface area contributed by atoms with Gasteiger partial charge in [0.15, 0.2) is 5.70 Å². The van der Waals surface area contributed by atoms with Crippen molar-refractivity contribution in [1.29, 1.82) is 0 Å². The lowest BCUT2D eigenvalue weighted by Crippen LogP contribution is -2.49. The molecule has 0 spiro atoms. The van der Waals surface area contributed by atoms with Crippen molar-refractivity contribution >= 4 is 29.5 Å². The summed E-state index contributed by atoms with van der Waals surface area (Å²) in [5.74, 6) is 0. The number of benzene rings is 1. The molecule has 0 amide bonds. The van der Waals surface area contributed by atoms with Crippen molar-refractivity contribution in [3.63, 3.8) is 0 Å². The molecule has 0 unspecified atom stereocenters. The van der Waals surface area contributed by atoms with E-state index in [1.54, 1.807) is 36.7 Å². The van der Waals surface area contributed by atoms with Crippen LogP contribution in [-0.2, 0) is 0 Å². The van der Waals surface area contributed by atoms with Gasteiger partial charge in [0.1, 0.15) is 6.21 Å². The van der Waals surface area contributed by atoms with Crippen LogP contribution in [-0.4, -0.2) is 27.1 Å². The van der Waals surface area contributed by atoms with E-state index in [-0.39, 0.29) is 0 Å². The van der Waals surface area contributed by atoms with Gasteiger partial charge in [0.25, 0.3) is 0 Å². The van der Waals surface area contributed by atoms with Crippen LogP contribution in [0.25, 0.3) is 16.3 Å². The van der Waals surface area contributed by atoms with Crippen LogP contribution in [0.4, 0.5) is 8.63 Å². The minimum absolute atomic E-state index is 0.538. The van der Waals surface area contributed by atoms with Gasteiger partial charge in [-0.05, 0) is 35.3 Å². The predicted molar refractivity (Wildman–Crippen MR) is 91.0 cm³/mol. The van der Waals surface area contributed by atoms with Gasteiger partial charge in [-0.25, -0.2) is 0 Å². The summed E-state index contributed by atoms with van der Waals surface area (Å²) in [6.07, 6.45) is 9.84. The lowest BCUT2D eigenvalue weighted by molar-refractivity contribution is -0.356. The third-order valence-electron chi connectivity index (χ3n) is 4.69. The zero-order valence-corrected chi connectivity index (χ0v) is 12.6. The Balaban J connectivity index is 1.91. The fourth-order valence-electron chi connectivity index (χ4n) is 3.63. The molecule has 0 radical (unpaired) electrons. The minimum Gasteiger partial charge on any atom is -0.396 e. The quantitative estimate of drug-likeness (QED) is 0.627. The Morgan fingerprint density at radius 2 is 2.00 bits per heavy atom. The van der Waals surface area contributed by atoms with Gasteiger partial charge < -0.3 is 17.6 Å². The van der Waals surface area contributed by atoms with Crippen LogP contribution in [0.1, 0.15) is 11.3 Å². The zero-order valence-electron chi connectivity index (χ0n) is 12.6. The highest BCUT2D eigenvalue weighted by Gasteiger charge is 2.51. The standard InChI is InChI=1S/C18H12BF2N3/c20-19(21)23-10-2-6-16(23)18(17-7-3-11-24(17)19)15-5-1-4-13-12-22-9-8-14(13)15/h1-12H. The third-order valence-corrected chi connectivity index (χ3v) is 4.69. The van der Waals surface area contributed by atoms with Crippen molar-refractivity contribution in [3.05, 3.63) is 84.1 Å². The monoisotopic (exact) mass is 319 g/mol. The molecule has 2 aliphatic heterocycles. The maximum absolute atomic E-state index is 14.8. The minimum atomic E-state index is -3.86. The summed E-state index contributed by atoms with van der Waals surface area (Å²) in [6, 6.07) is 11.2. The van der Waals surface area contributed by atoms with Gasteiger partial charge in [0.2, 0.25) is 0 Å². The number of nitrogens with zero attached hydrogens (tertiary/aromatic N) is 3. The highest BCUT2D eigenvalue weighted by molar-refractivity contribution is 6.57. The zero-order chi connectivity index (χ0) is 16.3. The van der Waals surface area contributed by atoms with Crippen molar-refractivity contribution in [3.8, 4) is 0 Å². The summed E-state index contributed by atoms with van der Waals surface area (Å²) in [5, 5.41) is 1.99. The van der Waals surface area contributed by atoms with E-state index in [1.807, 2.05) is 24.3 Å². The molecule has 116 valence electrons. The van der Waals surface area contributed by atoms with Crippen molar-refractivity contribution in [2.24, 2.45) is 0 Å². The highest BCUT2D eigenvalue weighted by atomic mass is 19.2. The number of rotatable bonds is 1. The first kappa shape index (κ1) is 13.4. The number of halogens is 2. The van der Waals surface area contributed by atoms with Gasteiger partial charge >= 0.3 is 6.97 Å². The van der Waals surface area contributed by atoms with Crippen LogP contribution in [0.3, 0.4) is 0 Å². The Bertz CT molecular complexity index is 1090. The molecule has 0 saturated heterocycles. The van der Waals surface area contributed by atoms with E-state index in [0.29, 0.717) is 11.4 Å². The van der Waals surface area contributed by atoms with E-state index < -0.39 is 6.97 Å². The summed E-state index contributed by atoms with van der Waals surface area (Å²) >= 11 is 0. The van der Waals surface area contributed by atoms with E-state index in [1.165, 1.54) is 12.4 Å². The molecule has 1 aromatic carbocycles. The lowest BCUT2D eigenvalue weighted by Gasteiger charge is -2.31. The maximum Gasteiger partial charge on any atom is 0.737 e. The normalized spacial score (nSPS) is 17.8. The Kier molecular flexibility index (Phi) is 2.52. The fourth-order valence-corrected chi connectivity index (χ4v) is 3.63. The predicted octanol–water partition coefficient (Wildman–Crippen LogP) is 3.69. The van der Waals surface area contributed by atoms with Gasteiger partial charge in [0, 0.05) is 35.6 Å². The summed E-state index contributed by atoms with van der Waals surface area (Å²) in [7, 11) is 0. The highest BCUT2D eigenvalue weighted by Crippen LogP contribution is 2.40. The smallest absolute Gasteiger partial charge is 0.396 e. The summed E-state index contributed by atoms with van der Waals surface area (Å²) in [4.78, 5) is 4.15. The van der Waals surface area contributed by atoms with E-state index in [2.05, 4.69) is 4.98 Å². The van der Waals surface area contributed by atoms with E-state index in [0.717, 1.165) is 30.9 Å². The van der Waals surface area contributed by atoms with Gasteiger partial charge in [-0.3, -0.25) is 4.98 Å². The van der Waals surface area contributed by atoms with E-state index in [9.17, 15) is 8.63 Å². The molecule has 2 aromatic heterocycles. The molecule has 24 heavy (non-hydrogen) atoms. The molecule has 5 rings (SSSR count). The molecule has 0 atom stereocenters. The molecule has 3 nitrogen and oxygen atoms in total. The van der Waals surface area contributed by atoms with Crippen molar-refractivity contribution < 1.29 is 13.1 Å². The second-order valence-corrected chi connectivity index (χ2v) is 5.97. The Hall–Kier alpha value is -3.02. The van der Waals surface area contributed by atoms with Crippen LogP contribution in [0.15, 0.2) is 72.8 Å².